The zero-order chi connectivity index (χ0) is 18.5. The molecule has 0 spiro atoms. The molecule has 2 aromatic rings. The number of nitrogens with zero attached hydrogens (tertiary/aromatic N) is 3. The van der Waals surface area contributed by atoms with Gasteiger partial charge in [0.1, 0.15) is 5.75 Å². The van der Waals surface area contributed by atoms with Crippen LogP contribution in [0.3, 0.4) is 0 Å². The maximum Gasteiger partial charge on any atom is 0.255 e. The lowest BCUT2D eigenvalue weighted by atomic mass is 10.1. The number of nitrogens with one attached hydrogen (secondary N) is 1. The summed E-state index contributed by atoms with van der Waals surface area (Å²) in [5, 5.41) is 3.11. The van der Waals surface area contributed by atoms with Crippen LogP contribution in [0.2, 0.25) is 0 Å². The lowest BCUT2D eigenvalue weighted by Gasteiger charge is -2.38. The molecule has 26 heavy (non-hydrogen) atoms. The minimum absolute atomic E-state index is 0.101. The number of aryl methyl sites for hydroxylation is 1. The molecule has 1 aromatic heterocycles. The Bertz CT molecular complexity index is 735. The van der Waals surface area contributed by atoms with Gasteiger partial charge in [-0.1, -0.05) is 12.1 Å². The molecule has 0 bridgehead atoms. The Hall–Kier alpha value is -2.31. The molecule has 1 saturated heterocycles. The molecule has 1 aromatic carbocycles. The number of hydrogen-bond acceptors (Lipinski definition) is 4. The Morgan fingerprint density at radius 2 is 1.85 bits per heavy atom. The molecule has 6 heteroatoms. The highest BCUT2D eigenvalue weighted by atomic mass is 16.5. The average molecular weight is 356 g/mol. The van der Waals surface area contributed by atoms with Crippen LogP contribution in [0.25, 0.3) is 0 Å². The van der Waals surface area contributed by atoms with E-state index in [1.165, 1.54) is 5.69 Å². The molecule has 1 amide bonds. The van der Waals surface area contributed by atoms with E-state index in [0.717, 1.165) is 26.2 Å². The van der Waals surface area contributed by atoms with Crippen LogP contribution in [-0.2, 0) is 7.05 Å². The molecule has 1 atom stereocenters. The number of para-hydroxylation sites is 1. The lowest BCUT2D eigenvalue weighted by Crippen LogP contribution is -2.48. The van der Waals surface area contributed by atoms with E-state index in [1.807, 2.05) is 18.2 Å². The van der Waals surface area contributed by atoms with Crippen LogP contribution in [0.5, 0.6) is 5.75 Å². The lowest BCUT2D eigenvalue weighted by molar-refractivity contribution is 0.0875. The molecular formula is C20H28N4O2. The third-order valence-electron chi connectivity index (χ3n) is 5.11. The Morgan fingerprint density at radius 3 is 2.50 bits per heavy atom. The summed E-state index contributed by atoms with van der Waals surface area (Å²) in [7, 11) is 5.79. The van der Waals surface area contributed by atoms with Crippen molar-refractivity contribution in [2.45, 2.75) is 6.04 Å². The van der Waals surface area contributed by atoms with Crippen molar-refractivity contribution in [1.82, 2.24) is 19.7 Å². The summed E-state index contributed by atoms with van der Waals surface area (Å²) in [4.78, 5) is 17.5. The first kappa shape index (κ1) is 18.5. The van der Waals surface area contributed by atoms with Gasteiger partial charge in [0, 0.05) is 51.7 Å². The summed E-state index contributed by atoms with van der Waals surface area (Å²) in [5.74, 6) is 0.496. The van der Waals surface area contributed by atoms with Gasteiger partial charge in [0.2, 0.25) is 0 Å². The molecule has 0 saturated carbocycles. The maximum atomic E-state index is 12.7. The van der Waals surface area contributed by atoms with E-state index in [9.17, 15) is 4.79 Å². The SMILES string of the molecule is COc1ccccc1C(=O)NCC(c1cccn1C)N1CCN(C)CC1. The van der Waals surface area contributed by atoms with Crippen molar-refractivity contribution in [3.63, 3.8) is 0 Å². The fraction of sp³-hybridized carbons (Fsp3) is 0.450. The van der Waals surface area contributed by atoms with Crippen molar-refractivity contribution in [3.8, 4) is 5.75 Å². The van der Waals surface area contributed by atoms with Crippen LogP contribution < -0.4 is 10.1 Å². The Morgan fingerprint density at radius 1 is 1.12 bits per heavy atom. The van der Waals surface area contributed by atoms with Crippen LogP contribution >= 0.6 is 0 Å². The van der Waals surface area contributed by atoms with Crippen LogP contribution in [0.15, 0.2) is 42.6 Å². The highest BCUT2D eigenvalue weighted by molar-refractivity contribution is 5.96. The summed E-state index contributed by atoms with van der Waals surface area (Å²) < 4.78 is 7.45. The second-order valence-corrected chi connectivity index (χ2v) is 6.81. The third-order valence-corrected chi connectivity index (χ3v) is 5.11. The predicted octanol–water partition coefficient (Wildman–Crippen LogP) is 1.75. The van der Waals surface area contributed by atoms with Gasteiger partial charge in [-0.2, -0.15) is 0 Å². The molecule has 1 N–H and O–H groups in total. The Kier molecular flexibility index (Phi) is 5.96. The predicted molar refractivity (Wildman–Crippen MR) is 103 cm³/mol. The fourth-order valence-corrected chi connectivity index (χ4v) is 3.49. The molecule has 1 aliphatic rings. The van der Waals surface area contributed by atoms with Crippen molar-refractivity contribution < 1.29 is 9.53 Å². The Labute approximate surface area is 155 Å². The van der Waals surface area contributed by atoms with Crippen molar-refractivity contribution in [3.05, 3.63) is 53.9 Å². The van der Waals surface area contributed by atoms with Gasteiger partial charge < -0.3 is 19.5 Å². The molecular weight excluding hydrogens is 328 g/mol. The van der Waals surface area contributed by atoms with Gasteiger partial charge in [-0.3, -0.25) is 9.69 Å². The second kappa shape index (κ2) is 8.38. The number of rotatable bonds is 6. The highest BCUT2D eigenvalue weighted by Gasteiger charge is 2.26. The first-order valence-corrected chi connectivity index (χ1v) is 9.05. The first-order chi connectivity index (χ1) is 12.6. The normalized spacial score (nSPS) is 17.0. The number of aromatic nitrogens is 1. The van der Waals surface area contributed by atoms with Gasteiger partial charge in [-0.15, -0.1) is 0 Å². The van der Waals surface area contributed by atoms with Crippen LogP contribution in [0, 0.1) is 0 Å². The van der Waals surface area contributed by atoms with E-state index < -0.39 is 0 Å². The number of carbonyl (C=O) groups excluding carboxylic acids is 1. The van der Waals surface area contributed by atoms with Crippen molar-refractivity contribution in [2.24, 2.45) is 7.05 Å². The molecule has 1 fully saturated rings. The van der Waals surface area contributed by atoms with Gasteiger partial charge in [0.05, 0.1) is 18.7 Å². The number of methoxy groups -OCH3 is 1. The second-order valence-electron chi connectivity index (χ2n) is 6.81. The van der Waals surface area contributed by atoms with E-state index >= 15 is 0 Å². The van der Waals surface area contributed by atoms with Crippen LogP contribution in [0.4, 0.5) is 0 Å². The van der Waals surface area contributed by atoms with Crippen molar-refractivity contribution in [1.29, 1.82) is 0 Å². The van der Waals surface area contributed by atoms with Crippen LogP contribution in [-0.4, -0.2) is 67.2 Å². The third kappa shape index (κ3) is 4.08. The van der Waals surface area contributed by atoms with E-state index in [1.54, 1.807) is 13.2 Å². The number of carbonyl (C=O) groups is 1. The van der Waals surface area contributed by atoms with Gasteiger partial charge in [-0.25, -0.2) is 0 Å². The quantitative estimate of drug-likeness (QED) is 0.857. The summed E-state index contributed by atoms with van der Waals surface area (Å²) in [6.07, 6.45) is 2.06. The minimum Gasteiger partial charge on any atom is -0.496 e. The summed E-state index contributed by atoms with van der Waals surface area (Å²) in [6.45, 7) is 4.65. The average Bonchev–Trinajstić information content (AvgIpc) is 3.09. The highest BCUT2D eigenvalue weighted by Crippen LogP contribution is 2.22. The van der Waals surface area contributed by atoms with Gasteiger partial charge in [-0.05, 0) is 31.3 Å². The fourth-order valence-electron chi connectivity index (χ4n) is 3.49. The molecule has 1 unspecified atom stereocenters. The van der Waals surface area contributed by atoms with Crippen LogP contribution in [0.1, 0.15) is 22.1 Å². The van der Waals surface area contributed by atoms with Gasteiger partial charge >= 0.3 is 0 Å². The van der Waals surface area contributed by atoms with Crippen molar-refractivity contribution >= 4 is 5.91 Å². The van der Waals surface area contributed by atoms with E-state index in [4.69, 9.17) is 4.74 Å². The van der Waals surface area contributed by atoms with E-state index in [0.29, 0.717) is 17.9 Å². The minimum atomic E-state index is -0.101. The number of likely N-dealkylation sites (N-methyl/N-ethyl adjacent to an activating group) is 1. The van der Waals surface area contributed by atoms with E-state index in [-0.39, 0.29) is 11.9 Å². The summed E-state index contributed by atoms with van der Waals surface area (Å²) >= 11 is 0. The molecule has 3 rings (SSSR count). The number of hydrogen-bond donors (Lipinski definition) is 1. The first-order valence-electron chi connectivity index (χ1n) is 9.05. The van der Waals surface area contributed by atoms with Gasteiger partial charge in [0.15, 0.2) is 0 Å². The molecule has 0 aliphatic carbocycles. The molecule has 1 aliphatic heterocycles. The smallest absolute Gasteiger partial charge is 0.255 e. The number of amides is 1. The monoisotopic (exact) mass is 356 g/mol. The topological polar surface area (TPSA) is 49.7 Å². The molecule has 140 valence electrons. The Balaban J connectivity index is 1.74. The number of benzene rings is 1. The summed E-state index contributed by atoms with van der Waals surface area (Å²) in [5.41, 5.74) is 1.79. The maximum absolute atomic E-state index is 12.7. The number of piperazine rings is 1. The van der Waals surface area contributed by atoms with E-state index in [2.05, 4.69) is 52.1 Å². The zero-order valence-electron chi connectivity index (χ0n) is 15.8. The standard InChI is InChI=1S/C20H28N4O2/c1-22-11-13-24(14-12-22)18(17-8-6-10-23(17)2)15-21-20(25)16-7-4-5-9-19(16)26-3/h4-10,18H,11-15H2,1-3H3,(H,21,25). The summed E-state index contributed by atoms with van der Waals surface area (Å²) in [6, 6.07) is 11.7. The molecule has 0 radical (unpaired) electrons. The molecule has 2 heterocycles. The zero-order valence-corrected chi connectivity index (χ0v) is 15.8. The van der Waals surface area contributed by atoms with Gasteiger partial charge in [0.25, 0.3) is 5.91 Å². The number of ether oxygens (including phenoxy) is 1. The largest absolute Gasteiger partial charge is 0.496 e. The molecule has 6 nitrogen and oxygen atoms in total. The van der Waals surface area contributed by atoms with Crippen molar-refractivity contribution in [2.75, 3.05) is 46.9 Å².